The zero-order valence-corrected chi connectivity index (χ0v) is 22.7. The van der Waals surface area contributed by atoms with E-state index in [1.54, 1.807) is 13.0 Å². The van der Waals surface area contributed by atoms with Crippen LogP contribution in [0.3, 0.4) is 0 Å². The number of allylic oxidation sites excluding steroid dienone is 1. The van der Waals surface area contributed by atoms with Gasteiger partial charge in [0, 0.05) is 35.3 Å². The third-order valence-electron chi connectivity index (χ3n) is 11.3. The van der Waals surface area contributed by atoms with Gasteiger partial charge >= 0.3 is 11.9 Å². The van der Waals surface area contributed by atoms with E-state index in [-0.39, 0.29) is 44.2 Å². The summed E-state index contributed by atoms with van der Waals surface area (Å²) in [6.45, 7) is 5.02. The van der Waals surface area contributed by atoms with Gasteiger partial charge in [0.15, 0.2) is 11.4 Å². The van der Waals surface area contributed by atoms with Crippen LogP contribution in [0.25, 0.3) is 0 Å². The van der Waals surface area contributed by atoms with E-state index in [0.717, 1.165) is 0 Å². The highest BCUT2D eigenvalue weighted by Crippen LogP contribution is 2.74. The van der Waals surface area contributed by atoms with Gasteiger partial charge in [-0.15, -0.1) is 0 Å². The molecular formula is C29H38O10. The highest BCUT2D eigenvalue weighted by molar-refractivity contribution is 5.88. The Hall–Kier alpha value is -2.11. The second-order valence-electron chi connectivity index (χ2n) is 12.9. The molecule has 0 amide bonds. The molecule has 1 spiro atoms. The summed E-state index contributed by atoms with van der Waals surface area (Å²) in [5.41, 5.74) is -5.55. The molecule has 7 aliphatic rings. The molecule has 3 aliphatic carbocycles. The molecule has 6 fully saturated rings. The Bertz CT molecular complexity index is 1160. The predicted octanol–water partition coefficient (Wildman–Crippen LogP) is 1.29. The third kappa shape index (κ3) is 3.48. The van der Waals surface area contributed by atoms with Crippen LogP contribution >= 0.6 is 0 Å². The molecule has 10 atom stereocenters. The third-order valence-corrected chi connectivity index (χ3v) is 11.3. The van der Waals surface area contributed by atoms with Crippen LogP contribution < -0.4 is 0 Å². The Morgan fingerprint density at radius 2 is 1.85 bits per heavy atom. The van der Waals surface area contributed by atoms with Gasteiger partial charge in [0.2, 0.25) is 0 Å². The van der Waals surface area contributed by atoms with Crippen molar-refractivity contribution >= 4 is 17.7 Å². The van der Waals surface area contributed by atoms with Crippen LogP contribution in [-0.2, 0) is 33.3 Å². The molecule has 10 heteroatoms. The molecule has 0 radical (unpaired) electrons. The highest BCUT2D eigenvalue weighted by atomic mass is 16.6. The molecule has 0 aromatic carbocycles. The van der Waals surface area contributed by atoms with Crippen molar-refractivity contribution in [1.29, 1.82) is 0 Å². The maximum Gasteiger partial charge on any atom is 0.330 e. The number of carbonyl (C=O) groups is 3. The van der Waals surface area contributed by atoms with E-state index >= 15 is 0 Å². The SMILES string of the molecule is CC(=O)C12CCC=CC(=O)OC3CC4OC5C6CC4(O)C3(C)C5(CCC6(C)O)COC(=O)C=C(CCO1)C2O. The van der Waals surface area contributed by atoms with Crippen LogP contribution in [0.5, 0.6) is 0 Å². The number of cyclic esters (lactones) is 1. The maximum absolute atomic E-state index is 13.2. The molecule has 0 aromatic rings. The second kappa shape index (κ2) is 8.69. The highest BCUT2D eigenvalue weighted by Gasteiger charge is 2.83. The number of hydrogen-bond acceptors (Lipinski definition) is 10. The molecule has 214 valence electrons. The summed E-state index contributed by atoms with van der Waals surface area (Å²) < 4.78 is 24.1. The average Bonchev–Trinajstić information content (AvgIpc) is 3.02. The number of Topliss-reactive ketones (excluding diaryl/α,β-unsaturated/α-hetero) is 1. The molecule has 3 saturated heterocycles. The van der Waals surface area contributed by atoms with Crippen LogP contribution in [0.15, 0.2) is 23.8 Å². The number of fused-ring (bicyclic) bond motifs is 2. The maximum atomic E-state index is 13.2. The van der Waals surface area contributed by atoms with E-state index in [0.29, 0.717) is 31.3 Å². The van der Waals surface area contributed by atoms with E-state index in [1.807, 2.05) is 6.92 Å². The number of aliphatic hydroxyl groups excluding tert-OH is 1. The molecule has 3 N–H and O–H groups in total. The molecule has 0 aromatic heterocycles. The predicted molar refractivity (Wildman–Crippen MR) is 134 cm³/mol. The fourth-order valence-electron chi connectivity index (χ4n) is 8.85. The quantitative estimate of drug-likeness (QED) is 0.411. The van der Waals surface area contributed by atoms with Crippen LogP contribution in [-0.4, -0.2) is 87.5 Å². The number of carbonyl (C=O) groups excluding carboxylic acids is 3. The lowest BCUT2D eigenvalue weighted by Crippen LogP contribution is -2.80. The van der Waals surface area contributed by atoms with Gasteiger partial charge in [-0.3, -0.25) is 4.79 Å². The van der Waals surface area contributed by atoms with E-state index in [2.05, 4.69) is 0 Å². The number of hydrogen-bond donors (Lipinski definition) is 3. The molecule has 7 rings (SSSR count). The fourth-order valence-corrected chi connectivity index (χ4v) is 8.85. The van der Waals surface area contributed by atoms with Gasteiger partial charge in [-0.2, -0.15) is 0 Å². The van der Waals surface area contributed by atoms with Crippen molar-refractivity contribution in [1.82, 2.24) is 0 Å². The minimum absolute atomic E-state index is 0.114. The Kier molecular flexibility index (Phi) is 6.04. The van der Waals surface area contributed by atoms with E-state index in [4.69, 9.17) is 18.9 Å². The Balaban J connectivity index is 1.42. The van der Waals surface area contributed by atoms with Gasteiger partial charge in [-0.05, 0) is 57.9 Å². The topological polar surface area (TPSA) is 149 Å². The summed E-state index contributed by atoms with van der Waals surface area (Å²) in [7, 11) is 0. The van der Waals surface area contributed by atoms with Crippen molar-refractivity contribution in [3.05, 3.63) is 23.8 Å². The number of aliphatic hydroxyl groups is 3. The molecule has 8 bridgehead atoms. The average molecular weight is 547 g/mol. The number of rotatable bonds is 1. The number of esters is 2. The molecule has 10 unspecified atom stereocenters. The standard InChI is InChI=1S/C29H38O10/c1-16(30)28-8-5-4-6-21(31)38-19-13-20-29(35)14-18-24(39-20)27(26(19,29)3,10-9-25(18,2)34)15-36-22(32)12-17(23(28)33)7-11-37-28/h4,6,12,18-20,23-24,33-35H,5,7-11,13-15H2,1-3H3. The van der Waals surface area contributed by atoms with Crippen LogP contribution in [0.2, 0.25) is 0 Å². The Labute approximate surface area is 227 Å². The van der Waals surface area contributed by atoms with Gasteiger partial charge in [0.05, 0.1) is 24.4 Å². The van der Waals surface area contributed by atoms with Crippen molar-refractivity contribution < 1.29 is 48.7 Å². The summed E-state index contributed by atoms with van der Waals surface area (Å²) >= 11 is 0. The van der Waals surface area contributed by atoms with Crippen LogP contribution in [0, 0.1) is 16.7 Å². The first kappa shape index (κ1) is 27.1. The van der Waals surface area contributed by atoms with Gasteiger partial charge in [-0.1, -0.05) is 13.0 Å². The zero-order valence-electron chi connectivity index (χ0n) is 22.7. The lowest BCUT2D eigenvalue weighted by molar-refractivity contribution is -0.377. The fraction of sp³-hybridized carbons (Fsp3) is 0.759. The lowest BCUT2D eigenvalue weighted by Gasteiger charge is -2.71. The van der Waals surface area contributed by atoms with Crippen molar-refractivity contribution in [2.24, 2.45) is 16.7 Å². The van der Waals surface area contributed by atoms with Crippen molar-refractivity contribution in [2.75, 3.05) is 13.2 Å². The normalized spacial score (nSPS) is 51.1. The summed E-state index contributed by atoms with van der Waals surface area (Å²) in [6, 6.07) is 0. The van der Waals surface area contributed by atoms with Gasteiger partial charge in [0.25, 0.3) is 0 Å². The number of ether oxygens (including phenoxy) is 4. The monoisotopic (exact) mass is 546 g/mol. The minimum atomic E-state index is -1.53. The lowest BCUT2D eigenvalue weighted by atomic mass is 9.40. The Morgan fingerprint density at radius 1 is 1.08 bits per heavy atom. The van der Waals surface area contributed by atoms with Gasteiger partial charge < -0.3 is 34.3 Å². The van der Waals surface area contributed by atoms with E-state index in [9.17, 15) is 29.7 Å². The van der Waals surface area contributed by atoms with E-state index in [1.165, 1.54) is 19.1 Å². The van der Waals surface area contributed by atoms with Crippen molar-refractivity contribution in [2.45, 2.75) is 107 Å². The van der Waals surface area contributed by atoms with Crippen molar-refractivity contribution in [3.8, 4) is 0 Å². The summed E-state index contributed by atoms with van der Waals surface area (Å²) in [4.78, 5) is 38.9. The minimum Gasteiger partial charge on any atom is -0.462 e. The molecule has 39 heavy (non-hydrogen) atoms. The van der Waals surface area contributed by atoms with Gasteiger partial charge in [0.1, 0.15) is 24.4 Å². The smallest absolute Gasteiger partial charge is 0.330 e. The largest absolute Gasteiger partial charge is 0.462 e. The van der Waals surface area contributed by atoms with Crippen molar-refractivity contribution in [3.63, 3.8) is 0 Å². The molecular weight excluding hydrogens is 508 g/mol. The Morgan fingerprint density at radius 3 is 2.59 bits per heavy atom. The molecule has 10 nitrogen and oxygen atoms in total. The molecule has 4 heterocycles. The number of ketones is 1. The van der Waals surface area contributed by atoms with Crippen LogP contribution in [0.4, 0.5) is 0 Å². The summed E-state index contributed by atoms with van der Waals surface area (Å²) in [6.07, 6.45) is 3.04. The summed E-state index contributed by atoms with van der Waals surface area (Å²) in [5, 5.41) is 34.6. The van der Waals surface area contributed by atoms with Crippen LogP contribution in [0.1, 0.15) is 65.7 Å². The van der Waals surface area contributed by atoms with E-state index < -0.39 is 64.0 Å². The first-order valence-corrected chi connectivity index (χ1v) is 14.0. The van der Waals surface area contributed by atoms with Gasteiger partial charge in [-0.25, -0.2) is 9.59 Å². The first-order valence-electron chi connectivity index (χ1n) is 14.0. The second-order valence-corrected chi connectivity index (χ2v) is 12.9. The summed E-state index contributed by atoms with van der Waals surface area (Å²) in [5.74, 6) is -2.02. The zero-order chi connectivity index (χ0) is 28.0. The first-order chi connectivity index (χ1) is 18.3. The molecule has 4 aliphatic heterocycles. The molecule has 3 saturated carbocycles.